The number of rotatable bonds is 3. The van der Waals surface area contributed by atoms with Crippen LogP contribution in [-0.2, 0) is 0 Å². The molecule has 0 amide bonds. The summed E-state index contributed by atoms with van der Waals surface area (Å²) in [5.74, 6) is 0. The van der Waals surface area contributed by atoms with Crippen LogP contribution in [0.25, 0.3) is 0 Å². The fraction of sp³-hybridized carbons (Fsp3) is 1.00. The molecule has 0 rings (SSSR count). The molecule has 2 N–H and O–H groups in total. The zero-order chi connectivity index (χ0) is 5.70. The van der Waals surface area contributed by atoms with Crippen LogP contribution in [0.5, 0.6) is 0 Å². The number of halogens is 1. The van der Waals surface area contributed by atoms with E-state index in [1.165, 1.54) is 0 Å². The van der Waals surface area contributed by atoms with E-state index in [0.29, 0.717) is 6.42 Å². The Labute approximate surface area is 55.9 Å². The van der Waals surface area contributed by atoms with Crippen LogP contribution in [0.2, 0.25) is 0 Å². The molecule has 0 heterocycles. The van der Waals surface area contributed by atoms with Crippen molar-refractivity contribution in [3.8, 4) is 0 Å². The largest absolute Gasteiger partial charge is 0.394 e. The van der Waals surface area contributed by atoms with Crippen molar-refractivity contribution >= 4 is 12.4 Å². The summed E-state index contributed by atoms with van der Waals surface area (Å²) in [6.07, 6.45) is 1.14. The maximum Gasteiger partial charge on any atom is 0.0770 e. The third kappa shape index (κ3) is 6.21. The van der Waals surface area contributed by atoms with Crippen molar-refractivity contribution in [1.82, 2.24) is 0 Å². The minimum Gasteiger partial charge on any atom is -0.394 e. The average molecular weight is 141 g/mol. The molecule has 0 aliphatic heterocycles. The molecule has 0 aliphatic rings. The summed E-state index contributed by atoms with van der Waals surface area (Å²) < 4.78 is 0. The normalized spacial score (nSPS) is 12.4. The predicted molar refractivity (Wildman–Crippen MR) is 35.2 cm³/mol. The van der Waals surface area contributed by atoms with Crippen molar-refractivity contribution in [3.63, 3.8) is 0 Å². The van der Waals surface area contributed by atoms with Gasteiger partial charge in [0.25, 0.3) is 0 Å². The first-order chi connectivity index (χ1) is 3.31. The van der Waals surface area contributed by atoms with E-state index >= 15 is 0 Å². The summed E-state index contributed by atoms with van der Waals surface area (Å²) in [6, 6.07) is 0. The van der Waals surface area contributed by atoms with Crippen LogP contribution in [0.15, 0.2) is 0 Å². The van der Waals surface area contributed by atoms with E-state index < -0.39 is 6.10 Å². The second-order valence-electron chi connectivity index (χ2n) is 1.63. The molecule has 52 valence electrons. The van der Waals surface area contributed by atoms with Gasteiger partial charge in [0.1, 0.15) is 0 Å². The molecule has 0 spiro atoms. The van der Waals surface area contributed by atoms with Gasteiger partial charge in [-0.2, -0.15) is 0 Å². The minimum atomic E-state index is -0.495. The van der Waals surface area contributed by atoms with E-state index in [9.17, 15) is 0 Å². The summed E-state index contributed by atoms with van der Waals surface area (Å²) in [6.45, 7) is 1.87. The van der Waals surface area contributed by atoms with Crippen molar-refractivity contribution in [2.24, 2.45) is 0 Å². The SMILES string of the molecule is CCCC(O)CO.Cl. The highest BCUT2D eigenvalue weighted by Crippen LogP contribution is 1.92. The second kappa shape index (κ2) is 7.21. The van der Waals surface area contributed by atoms with Crippen molar-refractivity contribution in [2.75, 3.05) is 6.61 Å². The standard InChI is InChI=1S/C5H12O2.ClH/c1-2-3-5(7)4-6;/h5-7H,2-4H2,1H3;1H. The molecule has 8 heavy (non-hydrogen) atoms. The molecule has 0 fully saturated rings. The van der Waals surface area contributed by atoms with Gasteiger partial charge in [-0.25, -0.2) is 0 Å². The van der Waals surface area contributed by atoms with Gasteiger partial charge >= 0.3 is 0 Å². The zero-order valence-corrected chi connectivity index (χ0v) is 5.82. The molecule has 0 aromatic heterocycles. The average Bonchev–Trinajstić information content (AvgIpc) is 1.68. The van der Waals surface area contributed by atoms with Gasteiger partial charge in [-0.1, -0.05) is 13.3 Å². The van der Waals surface area contributed by atoms with Crippen molar-refractivity contribution < 1.29 is 10.2 Å². The van der Waals surface area contributed by atoms with Gasteiger partial charge in [0.2, 0.25) is 0 Å². The number of aliphatic hydroxyl groups excluding tert-OH is 2. The van der Waals surface area contributed by atoms with E-state index in [1.54, 1.807) is 0 Å². The molecule has 0 saturated heterocycles. The summed E-state index contributed by atoms with van der Waals surface area (Å²) in [5.41, 5.74) is 0. The molecule has 1 unspecified atom stereocenters. The second-order valence-corrected chi connectivity index (χ2v) is 1.63. The Balaban J connectivity index is 0. The lowest BCUT2D eigenvalue weighted by molar-refractivity contribution is 0.0877. The number of aliphatic hydroxyl groups is 2. The molecule has 0 aromatic rings. The van der Waals surface area contributed by atoms with Gasteiger partial charge in [-0.05, 0) is 6.42 Å². The van der Waals surface area contributed by atoms with E-state index in [-0.39, 0.29) is 19.0 Å². The highest BCUT2D eigenvalue weighted by molar-refractivity contribution is 5.85. The lowest BCUT2D eigenvalue weighted by Gasteiger charge is -2.01. The van der Waals surface area contributed by atoms with Gasteiger partial charge in [0.15, 0.2) is 0 Å². The zero-order valence-electron chi connectivity index (χ0n) is 5.00. The van der Waals surface area contributed by atoms with E-state index in [4.69, 9.17) is 10.2 Å². The van der Waals surface area contributed by atoms with Crippen molar-refractivity contribution in [2.45, 2.75) is 25.9 Å². The Morgan fingerprint density at radius 1 is 1.50 bits per heavy atom. The molecule has 2 nitrogen and oxygen atoms in total. The van der Waals surface area contributed by atoms with Crippen LogP contribution in [-0.4, -0.2) is 22.9 Å². The molecule has 0 radical (unpaired) electrons. The van der Waals surface area contributed by atoms with Gasteiger partial charge in [0.05, 0.1) is 12.7 Å². The Morgan fingerprint density at radius 3 is 2.12 bits per heavy atom. The van der Waals surface area contributed by atoms with Crippen LogP contribution >= 0.6 is 12.4 Å². The Hall–Kier alpha value is 0.210. The number of hydrogen-bond donors (Lipinski definition) is 2. The van der Waals surface area contributed by atoms with Crippen LogP contribution in [0.3, 0.4) is 0 Å². The maximum atomic E-state index is 8.61. The maximum absolute atomic E-state index is 8.61. The van der Waals surface area contributed by atoms with E-state index in [1.807, 2.05) is 6.92 Å². The molecular formula is C5H13ClO2. The Morgan fingerprint density at radius 2 is 2.00 bits per heavy atom. The molecule has 0 bridgehead atoms. The third-order valence-electron chi connectivity index (χ3n) is 0.833. The highest BCUT2D eigenvalue weighted by atomic mass is 35.5. The lowest BCUT2D eigenvalue weighted by Crippen LogP contribution is -2.10. The number of hydrogen-bond acceptors (Lipinski definition) is 2. The third-order valence-corrected chi connectivity index (χ3v) is 0.833. The summed E-state index contributed by atoms with van der Waals surface area (Å²) in [7, 11) is 0. The van der Waals surface area contributed by atoms with E-state index in [0.717, 1.165) is 6.42 Å². The van der Waals surface area contributed by atoms with Crippen LogP contribution in [0, 0.1) is 0 Å². The van der Waals surface area contributed by atoms with Gasteiger partial charge in [-0.3, -0.25) is 0 Å². The van der Waals surface area contributed by atoms with Crippen molar-refractivity contribution in [3.05, 3.63) is 0 Å². The topological polar surface area (TPSA) is 40.5 Å². The smallest absolute Gasteiger partial charge is 0.0770 e. The molecule has 0 aliphatic carbocycles. The first kappa shape index (κ1) is 11.1. The first-order valence-corrected chi connectivity index (χ1v) is 2.60. The summed E-state index contributed by atoms with van der Waals surface area (Å²) in [5, 5.41) is 16.8. The molecule has 1 atom stereocenters. The van der Waals surface area contributed by atoms with Crippen molar-refractivity contribution in [1.29, 1.82) is 0 Å². The monoisotopic (exact) mass is 140 g/mol. The Bertz CT molecular complexity index is 41.4. The van der Waals surface area contributed by atoms with Crippen LogP contribution in [0.4, 0.5) is 0 Å². The van der Waals surface area contributed by atoms with E-state index in [2.05, 4.69) is 0 Å². The van der Waals surface area contributed by atoms with Crippen LogP contribution in [0.1, 0.15) is 19.8 Å². The van der Waals surface area contributed by atoms with Gasteiger partial charge < -0.3 is 10.2 Å². The summed E-state index contributed by atoms with van der Waals surface area (Å²) in [4.78, 5) is 0. The molecule has 0 aromatic carbocycles. The summed E-state index contributed by atoms with van der Waals surface area (Å²) >= 11 is 0. The fourth-order valence-corrected chi connectivity index (χ4v) is 0.425. The quantitative estimate of drug-likeness (QED) is 0.602. The molecule has 0 saturated carbocycles. The predicted octanol–water partition coefficient (Wildman–Crippen LogP) is 0.561. The lowest BCUT2D eigenvalue weighted by atomic mass is 10.2. The molecule has 3 heteroatoms. The Kier molecular flexibility index (Phi) is 9.97. The van der Waals surface area contributed by atoms with Crippen LogP contribution < -0.4 is 0 Å². The highest BCUT2D eigenvalue weighted by Gasteiger charge is 1.95. The minimum absolute atomic E-state index is 0. The first-order valence-electron chi connectivity index (χ1n) is 2.60. The fourth-order valence-electron chi connectivity index (χ4n) is 0.425. The van der Waals surface area contributed by atoms with Gasteiger partial charge in [-0.15, -0.1) is 12.4 Å². The van der Waals surface area contributed by atoms with Gasteiger partial charge in [0, 0.05) is 0 Å². The molecular weight excluding hydrogens is 128 g/mol.